The summed E-state index contributed by atoms with van der Waals surface area (Å²) >= 11 is 0. The number of ether oxygens (including phenoxy) is 1. The minimum absolute atomic E-state index is 0.0180. The summed E-state index contributed by atoms with van der Waals surface area (Å²) in [6, 6.07) is -0.598. The lowest BCUT2D eigenvalue weighted by Crippen LogP contribution is -2.66. The van der Waals surface area contributed by atoms with Gasteiger partial charge in [0.25, 0.3) is 0 Å². The van der Waals surface area contributed by atoms with Gasteiger partial charge in [-0.25, -0.2) is 0 Å². The van der Waals surface area contributed by atoms with Crippen molar-refractivity contribution in [3.63, 3.8) is 0 Å². The van der Waals surface area contributed by atoms with Crippen LogP contribution in [-0.4, -0.2) is 48.6 Å². The zero-order chi connectivity index (χ0) is 15.6. The number of carbonyl (C=O) groups is 2. The van der Waals surface area contributed by atoms with Crippen molar-refractivity contribution in [2.45, 2.75) is 64.6 Å². The molecule has 2 aliphatic rings. The van der Waals surface area contributed by atoms with Crippen LogP contribution in [0.2, 0.25) is 0 Å². The number of piperazine rings is 1. The molecule has 2 fully saturated rings. The third-order valence-corrected chi connectivity index (χ3v) is 4.46. The monoisotopic (exact) mass is 296 g/mol. The Balaban J connectivity index is 2.16. The van der Waals surface area contributed by atoms with Crippen LogP contribution < -0.4 is 5.32 Å². The Morgan fingerprint density at radius 2 is 1.95 bits per heavy atom. The van der Waals surface area contributed by atoms with Crippen LogP contribution in [-0.2, 0) is 14.3 Å². The fourth-order valence-electron chi connectivity index (χ4n) is 3.12. The van der Waals surface area contributed by atoms with E-state index in [1.54, 1.807) is 7.11 Å². The number of methoxy groups -OCH3 is 1. The SMILES string of the molecule is COCCC(C)N1C(=O)C(C2CC2)NC(=O)C1CC(C)C. The number of hydrogen-bond donors (Lipinski definition) is 1. The van der Waals surface area contributed by atoms with Crippen LogP contribution in [0.3, 0.4) is 0 Å². The molecule has 0 spiro atoms. The average molecular weight is 296 g/mol. The maximum atomic E-state index is 12.8. The zero-order valence-electron chi connectivity index (χ0n) is 13.6. The highest BCUT2D eigenvalue weighted by molar-refractivity contribution is 5.97. The van der Waals surface area contributed by atoms with Gasteiger partial charge in [0.15, 0.2) is 0 Å². The van der Waals surface area contributed by atoms with Gasteiger partial charge in [-0.15, -0.1) is 0 Å². The van der Waals surface area contributed by atoms with Gasteiger partial charge < -0.3 is 15.0 Å². The van der Waals surface area contributed by atoms with Crippen molar-refractivity contribution in [1.29, 1.82) is 0 Å². The standard InChI is InChI=1S/C16H28N2O3/c1-10(2)9-13-15(19)17-14(12-5-6-12)16(20)18(13)11(3)7-8-21-4/h10-14H,5-9H2,1-4H3,(H,17,19). The number of rotatable bonds is 7. The maximum absolute atomic E-state index is 12.8. The largest absolute Gasteiger partial charge is 0.385 e. The van der Waals surface area contributed by atoms with Gasteiger partial charge in [-0.05, 0) is 44.4 Å². The van der Waals surface area contributed by atoms with E-state index in [9.17, 15) is 9.59 Å². The van der Waals surface area contributed by atoms with E-state index in [1.807, 2.05) is 11.8 Å². The second-order valence-corrected chi connectivity index (χ2v) is 6.85. The molecule has 0 aromatic heterocycles. The van der Waals surface area contributed by atoms with E-state index in [4.69, 9.17) is 4.74 Å². The van der Waals surface area contributed by atoms with Crippen molar-refractivity contribution in [3.05, 3.63) is 0 Å². The quantitative estimate of drug-likeness (QED) is 0.775. The van der Waals surface area contributed by atoms with Crippen LogP contribution in [0.25, 0.3) is 0 Å². The van der Waals surface area contributed by atoms with Gasteiger partial charge in [0.1, 0.15) is 12.1 Å². The highest BCUT2D eigenvalue weighted by Gasteiger charge is 2.48. The van der Waals surface area contributed by atoms with Crippen molar-refractivity contribution in [1.82, 2.24) is 10.2 Å². The molecule has 2 amide bonds. The molecule has 3 unspecified atom stereocenters. The first kappa shape index (κ1) is 16.3. The van der Waals surface area contributed by atoms with Crippen molar-refractivity contribution in [2.75, 3.05) is 13.7 Å². The first-order chi connectivity index (χ1) is 9.95. The Labute approximate surface area is 127 Å². The van der Waals surface area contributed by atoms with E-state index in [-0.39, 0.29) is 29.9 Å². The van der Waals surface area contributed by atoms with Crippen LogP contribution in [0.4, 0.5) is 0 Å². The highest BCUT2D eigenvalue weighted by Crippen LogP contribution is 2.36. The fourth-order valence-corrected chi connectivity index (χ4v) is 3.12. The summed E-state index contributed by atoms with van der Waals surface area (Å²) in [6.45, 7) is 6.80. The number of hydrogen-bond acceptors (Lipinski definition) is 3. The number of carbonyl (C=O) groups excluding carboxylic acids is 2. The van der Waals surface area contributed by atoms with Gasteiger partial charge in [-0.1, -0.05) is 13.8 Å². The molecular formula is C16H28N2O3. The van der Waals surface area contributed by atoms with Crippen molar-refractivity contribution >= 4 is 11.8 Å². The fraction of sp³-hybridized carbons (Fsp3) is 0.875. The molecule has 1 heterocycles. The van der Waals surface area contributed by atoms with Gasteiger partial charge in [0, 0.05) is 19.8 Å². The molecule has 1 saturated carbocycles. The first-order valence-corrected chi connectivity index (χ1v) is 8.07. The summed E-state index contributed by atoms with van der Waals surface area (Å²) in [5, 5.41) is 2.96. The second-order valence-electron chi connectivity index (χ2n) is 6.85. The summed E-state index contributed by atoms with van der Waals surface area (Å²) in [5.41, 5.74) is 0. The first-order valence-electron chi connectivity index (χ1n) is 8.07. The minimum atomic E-state index is -0.334. The molecule has 5 nitrogen and oxygen atoms in total. The predicted octanol–water partition coefficient (Wildman–Crippen LogP) is 1.56. The van der Waals surface area contributed by atoms with E-state index in [0.29, 0.717) is 24.9 Å². The van der Waals surface area contributed by atoms with Crippen molar-refractivity contribution < 1.29 is 14.3 Å². The highest BCUT2D eigenvalue weighted by atomic mass is 16.5. The summed E-state index contributed by atoms with van der Waals surface area (Å²) in [7, 11) is 1.66. The van der Waals surface area contributed by atoms with E-state index in [1.165, 1.54) is 0 Å². The van der Waals surface area contributed by atoms with E-state index < -0.39 is 0 Å². The molecule has 3 atom stereocenters. The average Bonchev–Trinajstić information content (AvgIpc) is 3.24. The van der Waals surface area contributed by atoms with E-state index in [2.05, 4.69) is 19.2 Å². The van der Waals surface area contributed by atoms with E-state index >= 15 is 0 Å². The summed E-state index contributed by atoms with van der Waals surface area (Å²) in [5.74, 6) is 0.845. The second kappa shape index (κ2) is 6.77. The molecular weight excluding hydrogens is 268 g/mol. The van der Waals surface area contributed by atoms with Crippen LogP contribution >= 0.6 is 0 Å². The smallest absolute Gasteiger partial charge is 0.246 e. The molecule has 1 aliphatic heterocycles. The van der Waals surface area contributed by atoms with Crippen LogP contribution in [0.1, 0.15) is 46.5 Å². The molecule has 0 bridgehead atoms. The minimum Gasteiger partial charge on any atom is -0.385 e. The van der Waals surface area contributed by atoms with Gasteiger partial charge in [0.2, 0.25) is 11.8 Å². The number of nitrogens with zero attached hydrogens (tertiary/aromatic N) is 1. The lowest BCUT2D eigenvalue weighted by molar-refractivity contribution is -0.153. The van der Waals surface area contributed by atoms with Crippen molar-refractivity contribution in [2.24, 2.45) is 11.8 Å². The zero-order valence-corrected chi connectivity index (χ0v) is 13.6. The van der Waals surface area contributed by atoms with Gasteiger partial charge >= 0.3 is 0 Å². The number of nitrogens with one attached hydrogen (secondary N) is 1. The van der Waals surface area contributed by atoms with Crippen LogP contribution in [0.5, 0.6) is 0 Å². The Hall–Kier alpha value is -1.10. The van der Waals surface area contributed by atoms with Gasteiger partial charge in [0.05, 0.1) is 0 Å². The summed E-state index contributed by atoms with van der Waals surface area (Å²) in [6.07, 6.45) is 3.57. The molecule has 0 radical (unpaired) electrons. The third kappa shape index (κ3) is 3.76. The van der Waals surface area contributed by atoms with E-state index in [0.717, 1.165) is 19.3 Å². The van der Waals surface area contributed by atoms with Crippen molar-refractivity contribution in [3.8, 4) is 0 Å². The lowest BCUT2D eigenvalue weighted by atomic mass is 9.94. The Morgan fingerprint density at radius 1 is 1.29 bits per heavy atom. The van der Waals surface area contributed by atoms with Crippen LogP contribution in [0, 0.1) is 11.8 Å². The molecule has 2 rings (SSSR count). The molecule has 1 aliphatic carbocycles. The topological polar surface area (TPSA) is 58.6 Å². The van der Waals surface area contributed by atoms with Crippen LogP contribution in [0.15, 0.2) is 0 Å². The molecule has 1 saturated heterocycles. The number of amides is 2. The predicted molar refractivity (Wildman–Crippen MR) is 80.7 cm³/mol. The Morgan fingerprint density at radius 3 is 2.48 bits per heavy atom. The van der Waals surface area contributed by atoms with Gasteiger partial charge in [-0.3, -0.25) is 9.59 Å². The molecule has 1 N–H and O–H groups in total. The lowest BCUT2D eigenvalue weighted by Gasteiger charge is -2.43. The Kier molecular flexibility index (Phi) is 5.25. The third-order valence-electron chi connectivity index (χ3n) is 4.46. The molecule has 0 aromatic carbocycles. The molecule has 120 valence electrons. The van der Waals surface area contributed by atoms with Gasteiger partial charge in [-0.2, -0.15) is 0 Å². The normalized spacial score (nSPS) is 28.0. The summed E-state index contributed by atoms with van der Waals surface area (Å²) < 4.78 is 5.13. The summed E-state index contributed by atoms with van der Waals surface area (Å²) in [4.78, 5) is 27.1. The molecule has 21 heavy (non-hydrogen) atoms. The molecule has 0 aromatic rings. The Bertz CT molecular complexity index is 393. The molecule has 5 heteroatoms. The maximum Gasteiger partial charge on any atom is 0.246 e.